The summed E-state index contributed by atoms with van der Waals surface area (Å²) in [5, 5.41) is 2.54. The minimum Gasteiger partial charge on any atom is -0.324 e. The number of anilines is 1. The third-order valence-corrected chi connectivity index (χ3v) is 6.28. The van der Waals surface area contributed by atoms with Crippen molar-refractivity contribution < 1.29 is 17.6 Å². The lowest BCUT2D eigenvalue weighted by molar-refractivity contribution is 0.192. The van der Waals surface area contributed by atoms with Gasteiger partial charge in [0.2, 0.25) is 10.0 Å². The third-order valence-electron chi connectivity index (χ3n) is 4.03. The number of rotatable bonds is 3. The number of nitrogens with one attached hydrogen (secondary N) is 2. The first-order valence-corrected chi connectivity index (χ1v) is 9.41. The van der Waals surface area contributed by atoms with E-state index in [4.69, 9.17) is 0 Å². The van der Waals surface area contributed by atoms with Crippen LogP contribution in [0.3, 0.4) is 0 Å². The van der Waals surface area contributed by atoms with Crippen LogP contribution in [0.1, 0.15) is 33.6 Å². The highest BCUT2D eigenvalue weighted by atomic mass is 32.2. The summed E-state index contributed by atoms with van der Waals surface area (Å²) in [5.74, 6) is -0.487. The number of nitrogens with zero attached hydrogens (tertiary/aromatic N) is 1. The number of hydrogen-bond acceptors (Lipinski definition) is 3. The summed E-state index contributed by atoms with van der Waals surface area (Å²) >= 11 is 0. The van der Waals surface area contributed by atoms with Crippen LogP contribution in [0, 0.1) is 5.82 Å². The van der Waals surface area contributed by atoms with E-state index in [9.17, 15) is 17.6 Å². The first-order valence-electron chi connectivity index (χ1n) is 7.92. The number of urea groups is 1. The molecule has 2 amide bonds. The third kappa shape index (κ3) is 4.45. The summed E-state index contributed by atoms with van der Waals surface area (Å²) in [6.07, 6.45) is 1.06. The van der Waals surface area contributed by atoms with Crippen molar-refractivity contribution in [2.24, 2.45) is 0 Å². The van der Waals surface area contributed by atoms with E-state index in [2.05, 4.69) is 10.0 Å². The summed E-state index contributed by atoms with van der Waals surface area (Å²) < 4.78 is 39.7. The largest absolute Gasteiger partial charge is 0.324 e. The minimum atomic E-state index is -3.41. The Morgan fingerprint density at radius 1 is 1.21 bits per heavy atom. The Hall–Kier alpha value is -1.67. The first kappa shape index (κ1) is 18.7. The van der Waals surface area contributed by atoms with Gasteiger partial charge in [0.15, 0.2) is 0 Å². The second kappa shape index (κ2) is 7.06. The molecule has 8 heteroatoms. The van der Waals surface area contributed by atoms with E-state index >= 15 is 0 Å². The van der Waals surface area contributed by atoms with Crippen LogP contribution in [0.5, 0.6) is 0 Å². The summed E-state index contributed by atoms with van der Waals surface area (Å²) in [6.45, 7) is 5.76. The average molecular weight is 357 g/mol. The van der Waals surface area contributed by atoms with Crippen molar-refractivity contribution in [2.75, 3.05) is 18.4 Å². The number of para-hydroxylation sites is 1. The SMILES string of the molecule is CC(C)(C)S(=O)(=O)NC1CCN(C(=O)Nc2ccccc2F)CC1. The van der Waals surface area contributed by atoms with Gasteiger partial charge in [0.05, 0.1) is 10.4 Å². The lowest BCUT2D eigenvalue weighted by Crippen LogP contribution is -2.50. The van der Waals surface area contributed by atoms with Crippen molar-refractivity contribution in [3.8, 4) is 0 Å². The normalized spacial score (nSPS) is 16.9. The summed E-state index contributed by atoms with van der Waals surface area (Å²) in [7, 11) is -3.41. The van der Waals surface area contributed by atoms with Crippen LogP contribution in [0.2, 0.25) is 0 Å². The van der Waals surface area contributed by atoms with Gasteiger partial charge < -0.3 is 10.2 Å². The molecule has 0 aromatic heterocycles. The molecule has 0 bridgehead atoms. The molecule has 0 radical (unpaired) electrons. The maximum atomic E-state index is 13.6. The lowest BCUT2D eigenvalue weighted by Gasteiger charge is -2.33. The van der Waals surface area contributed by atoms with Gasteiger partial charge in [0, 0.05) is 19.1 Å². The van der Waals surface area contributed by atoms with Gasteiger partial charge in [-0.3, -0.25) is 0 Å². The summed E-state index contributed by atoms with van der Waals surface area (Å²) in [4.78, 5) is 13.7. The molecule has 0 atom stereocenters. The molecule has 1 aliphatic heterocycles. The maximum Gasteiger partial charge on any atom is 0.321 e. The van der Waals surface area contributed by atoms with Crippen molar-refractivity contribution in [1.82, 2.24) is 9.62 Å². The highest BCUT2D eigenvalue weighted by molar-refractivity contribution is 7.90. The Balaban J connectivity index is 1.89. The van der Waals surface area contributed by atoms with Gasteiger partial charge in [-0.1, -0.05) is 12.1 Å². The molecule has 1 aromatic rings. The number of benzene rings is 1. The van der Waals surface area contributed by atoms with E-state index in [1.165, 1.54) is 12.1 Å². The Kier molecular flexibility index (Phi) is 5.49. The monoisotopic (exact) mass is 357 g/mol. The van der Waals surface area contributed by atoms with Crippen molar-refractivity contribution >= 4 is 21.7 Å². The first-order chi connectivity index (χ1) is 11.1. The van der Waals surface area contributed by atoms with Crippen LogP contribution < -0.4 is 10.0 Å². The Labute approximate surface area is 142 Å². The van der Waals surface area contributed by atoms with Crippen molar-refractivity contribution in [2.45, 2.75) is 44.4 Å². The quantitative estimate of drug-likeness (QED) is 0.872. The summed E-state index contributed by atoms with van der Waals surface area (Å²) in [5.41, 5.74) is 0.137. The number of sulfonamides is 1. The number of hydrogen-bond donors (Lipinski definition) is 2. The molecular weight excluding hydrogens is 333 g/mol. The molecule has 2 N–H and O–H groups in total. The molecule has 1 saturated heterocycles. The predicted molar refractivity (Wildman–Crippen MR) is 91.8 cm³/mol. The highest BCUT2D eigenvalue weighted by Crippen LogP contribution is 2.19. The number of likely N-dealkylation sites (tertiary alicyclic amines) is 1. The van der Waals surface area contributed by atoms with Crippen LogP contribution in [0.4, 0.5) is 14.9 Å². The van der Waals surface area contributed by atoms with E-state index in [1.807, 2.05) is 0 Å². The molecule has 0 unspecified atom stereocenters. The van der Waals surface area contributed by atoms with Gasteiger partial charge in [-0.05, 0) is 45.7 Å². The van der Waals surface area contributed by atoms with Crippen molar-refractivity contribution in [3.05, 3.63) is 30.1 Å². The van der Waals surface area contributed by atoms with Gasteiger partial charge in [-0.25, -0.2) is 22.3 Å². The predicted octanol–water partition coefficient (Wildman–Crippen LogP) is 2.54. The molecule has 0 spiro atoms. The number of halogens is 1. The number of carbonyl (C=O) groups excluding carboxylic acids is 1. The van der Waals surface area contributed by atoms with Crippen molar-refractivity contribution in [3.63, 3.8) is 0 Å². The van der Waals surface area contributed by atoms with Crippen LogP contribution in [-0.2, 0) is 10.0 Å². The fourth-order valence-corrected chi connectivity index (χ4v) is 3.38. The molecule has 0 aliphatic carbocycles. The van der Waals surface area contributed by atoms with E-state index in [0.29, 0.717) is 25.9 Å². The number of carbonyl (C=O) groups is 1. The molecule has 2 rings (SSSR count). The topological polar surface area (TPSA) is 78.5 Å². The molecule has 1 heterocycles. The molecule has 1 fully saturated rings. The van der Waals surface area contributed by atoms with E-state index in [-0.39, 0.29) is 17.8 Å². The van der Waals surface area contributed by atoms with Crippen LogP contribution in [0.15, 0.2) is 24.3 Å². The highest BCUT2D eigenvalue weighted by Gasteiger charge is 2.33. The molecule has 6 nitrogen and oxygen atoms in total. The second-order valence-electron chi connectivity index (χ2n) is 6.90. The fourth-order valence-electron chi connectivity index (χ4n) is 2.35. The molecule has 134 valence electrons. The standard InChI is InChI=1S/C16H24FN3O3S/c1-16(2,3)24(22,23)19-12-8-10-20(11-9-12)15(21)18-14-7-5-4-6-13(14)17/h4-7,12,19H,8-11H2,1-3H3,(H,18,21). The fraction of sp³-hybridized carbons (Fsp3) is 0.562. The molecule has 1 aromatic carbocycles. The summed E-state index contributed by atoms with van der Waals surface area (Å²) in [6, 6.07) is 5.41. The van der Waals surface area contributed by atoms with Gasteiger partial charge in [0.25, 0.3) is 0 Å². The maximum absolute atomic E-state index is 13.6. The van der Waals surface area contributed by atoms with Crippen LogP contribution >= 0.6 is 0 Å². The second-order valence-corrected chi connectivity index (χ2v) is 9.37. The molecule has 24 heavy (non-hydrogen) atoms. The van der Waals surface area contributed by atoms with Gasteiger partial charge in [0.1, 0.15) is 5.82 Å². The number of amides is 2. The van der Waals surface area contributed by atoms with E-state index < -0.39 is 20.6 Å². The smallest absolute Gasteiger partial charge is 0.321 e. The number of piperidine rings is 1. The Morgan fingerprint density at radius 2 is 1.79 bits per heavy atom. The van der Waals surface area contributed by atoms with Gasteiger partial charge in [-0.2, -0.15) is 0 Å². The van der Waals surface area contributed by atoms with Gasteiger partial charge in [-0.15, -0.1) is 0 Å². The average Bonchev–Trinajstić information content (AvgIpc) is 2.48. The molecular formula is C16H24FN3O3S. The zero-order valence-electron chi connectivity index (χ0n) is 14.2. The zero-order valence-corrected chi connectivity index (χ0v) is 15.0. The molecule has 1 aliphatic rings. The Bertz CT molecular complexity index is 693. The van der Waals surface area contributed by atoms with Crippen LogP contribution in [-0.4, -0.2) is 43.2 Å². The zero-order chi connectivity index (χ0) is 18.0. The minimum absolute atomic E-state index is 0.137. The lowest BCUT2D eigenvalue weighted by atomic mass is 10.1. The van der Waals surface area contributed by atoms with Gasteiger partial charge >= 0.3 is 6.03 Å². The van der Waals surface area contributed by atoms with Crippen LogP contribution in [0.25, 0.3) is 0 Å². The van der Waals surface area contributed by atoms with E-state index in [1.54, 1.807) is 37.8 Å². The van der Waals surface area contributed by atoms with E-state index in [0.717, 1.165) is 0 Å². The molecule has 0 saturated carbocycles. The van der Waals surface area contributed by atoms with Crippen molar-refractivity contribution in [1.29, 1.82) is 0 Å². The Morgan fingerprint density at radius 3 is 2.33 bits per heavy atom.